The van der Waals surface area contributed by atoms with E-state index in [0.717, 1.165) is 38.5 Å². The number of carboxylic acids is 1. The van der Waals surface area contributed by atoms with Crippen molar-refractivity contribution >= 4 is 29.8 Å². The van der Waals surface area contributed by atoms with E-state index >= 15 is 0 Å². The highest BCUT2D eigenvalue weighted by Crippen LogP contribution is 2.46. The predicted octanol–water partition coefficient (Wildman–Crippen LogP) is 7.84. The summed E-state index contributed by atoms with van der Waals surface area (Å²) < 4.78 is 10.1. The summed E-state index contributed by atoms with van der Waals surface area (Å²) >= 11 is 1.28. The van der Waals surface area contributed by atoms with Crippen molar-refractivity contribution in [2.24, 2.45) is 0 Å². The Morgan fingerprint density at radius 2 is 1.54 bits per heavy atom. The van der Waals surface area contributed by atoms with Crippen molar-refractivity contribution in [3.63, 3.8) is 0 Å². The summed E-state index contributed by atoms with van der Waals surface area (Å²) in [6.45, 7) is 4.72. The molecule has 1 heterocycles. The number of para-hydroxylation sites is 1. The van der Waals surface area contributed by atoms with E-state index in [0.29, 0.717) is 24.5 Å². The van der Waals surface area contributed by atoms with Crippen LogP contribution in [0.3, 0.4) is 0 Å². The second-order valence-corrected chi connectivity index (χ2v) is 11.0. The van der Waals surface area contributed by atoms with Crippen LogP contribution in [-0.4, -0.2) is 34.5 Å². The molecule has 1 aliphatic heterocycles. The average Bonchev–Trinajstić information content (AvgIpc) is 3.29. The fraction of sp³-hybridized carbons (Fsp3) is 0.621. The van der Waals surface area contributed by atoms with Gasteiger partial charge in [-0.15, -0.1) is 0 Å². The van der Waals surface area contributed by atoms with Crippen LogP contribution < -0.4 is 10.1 Å². The zero-order chi connectivity index (χ0) is 26.9. The largest absolute Gasteiger partial charge is 0.478 e. The molecule has 1 aromatic rings. The molecule has 0 fully saturated rings. The number of esters is 1. The number of allylic oxidation sites excluding steroid dienone is 1. The number of thioether (sulfide) groups is 1. The standard InChI is InChI=1S/C29H43NO6S/c1-3-5-7-9-11-15-20-29(27(33)36-24-18-14-13-17-23(24)26(31)32)21-19-25(37-29)30-28(34)35-22-16-12-10-8-6-4-2/h13-14,17-19H,3-12,15-16,20-22H2,1-2H3,(H,30,34)(H,31,32). The van der Waals surface area contributed by atoms with E-state index in [1.54, 1.807) is 12.1 Å². The van der Waals surface area contributed by atoms with Crippen LogP contribution in [0.4, 0.5) is 4.79 Å². The molecular weight excluding hydrogens is 490 g/mol. The number of unbranched alkanes of at least 4 members (excludes halogenated alkanes) is 10. The van der Waals surface area contributed by atoms with Gasteiger partial charge in [0.15, 0.2) is 0 Å². The highest BCUT2D eigenvalue weighted by molar-refractivity contribution is 8.05. The van der Waals surface area contributed by atoms with Gasteiger partial charge in [-0.3, -0.25) is 10.1 Å². The van der Waals surface area contributed by atoms with E-state index in [-0.39, 0.29) is 11.3 Å². The molecule has 0 spiro atoms. The molecule has 0 bridgehead atoms. The first-order valence-corrected chi connectivity index (χ1v) is 14.6. The summed E-state index contributed by atoms with van der Waals surface area (Å²) in [5, 5.41) is 12.8. The molecule has 1 amide bonds. The monoisotopic (exact) mass is 533 g/mol. The molecule has 2 rings (SSSR count). The van der Waals surface area contributed by atoms with Crippen molar-refractivity contribution in [2.75, 3.05) is 6.61 Å². The molecule has 0 aliphatic carbocycles. The third-order valence-corrected chi connectivity index (χ3v) is 7.92. The number of hydrogen-bond donors (Lipinski definition) is 2. The van der Waals surface area contributed by atoms with Crippen molar-refractivity contribution < 1.29 is 29.0 Å². The summed E-state index contributed by atoms with van der Waals surface area (Å²) in [7, 11) is 0. The van der Waals surface area contributed by atoms with Gasteiger partial charge in [-0.2, -0.15) is 0 Å². The summed E-state index contributed by atoms with van der Waals surface area (Å²) in [5.41, 5.74) is -0.0573. The Morgan fingerprint density at radius 1 is 0.919 bits per heavy atom. The Balaban J connectivity index is 1.94. The van der Waals surface area contributed by atoms with Crippen LogP contribution in [0.25, 0.3) is 0 Å². The number of carboxylic acid groups (broad SMARTS) is 1. The van der Waals surface area contributed by atoms with Crippen LogP contribution in [-0.2, 0) is 9.53 Å². The lowest BCUT2D eigenvalue weighted by Crippen LogP contribution is -2.37. The Bertz CT molecular complexity index is 902. The van der Waals surface area contributed by atoms with Crippen molar-refractivity contribution in [1.82, 2.24) is 5.32 Å². The smallest absolute Gasteiger partial charge is 0.412 e. The van der Waals surface area contributed by atoms with Crippen LogP contribution >= 0.6 is 11.8 Å². The van der Waals surface area contributed by atoms with Crippen molar-refractivity contribution in [3.05, 3.63) is 40.9 Å². The van der Waals surface area contributed by atoms with E-state index in [1.807, 2.05) is 6.08 Å². The second-order valence-electron chi connectivity index (χ2n) is 9.61. The minimum Gasteiger partial charge on any atom is -0.478 e. The van der Waals surface area contributed by atoms with E-state index < -0.39 is 22.8 Å². The molecule has 0 saturated heterocycles. The van der Waals surface area contributed by atoms with Gasteiger partial charge in [-0.25, -0.2) is 9.59 Å². The van der Waals surface area contributed by atoms with Gasteiger partial charge < -0.3 is 14.6 Å². The van der Waals surface area contributed by atoms with Gasteiger partial charge in [0, 0.05) is 0 Å². The number of carbonyl (C=O) groups excluding carboxylic acids is 2. The predicted molar refractivity (Wildman–Crippen MR) is 148 cm³/mol. The first-order chi connectivity index (χ1) is 17.9. The summed E-state index contributed by atoms with van der Waals surface area (Å²) in [5.74, 6) is -1.61. The number of carbonyl (C=O) groups is 3. The van der Waals surface area contributed by atoms with Crippen LogP contribution in [0.2, 0.25) is 0 Å². The Hall–Kier alpha value is -2.48. The fourth-order valence-electron chi connectivity index (χ4n) is 4.31. The molecule has 1 atom stereocenters. The molecule has 1 aliphatic rings. The maximum absolute atomic E-state index is 13.4. The Kier molecular flexibility index (Phi) is 14.2. The molecule has 7 nitrogen and oxygen atoms in total. The lowest BCUT2D eigenvalue weighted by Gasteiger charge is -2.26. The minimum atomic E-state index is -1.15. The number of rotatable bonds is 18. The van der Waals surface area contributed by atoms with Gasteiger partial charge >= 0.3 is 18.0 Å². The first-order valence-electron chi connectivity index (χ1n) is 13.8. The lowest BCUT2D eigenvalue weighted by atomic mass is 9.96. The van der Waals surface area contributed by atoms with Gasteiger partial charge in [-0.1, -0.05) is 114 Å². The molecule has 0 radical (unpaired) electrons. The van der Waals surface area contributed by atoms with Crippen LogP contribution in [0.1, 0.15) is 114 Å². The van der Waals surface area contributed by atoms with Gasteiger partial charge in [0.25, 0.3) is 0 Å². The Morgan fingerprint density at radius 3 is 2.22 bits per heavy atom. The van der Waals surface area contributed by atoms with Gasteiger partial charge in [0.1, 0.15) is 16.1 Å². The van der Waals surface area contributed by atoms with Crippen molar-refractivity contribution in [1.29, 1.82) is 0 Å². The van der Waals surface area contributed by atoms with Crippen LogP contribution in [0.5, 0.6) is 5.75 Å². The molecule has 37 heavy (non-hydrogen) atoms. The topological polar surface area (TPSA) is 102 Å². The highest BCUT2D eigenvalue weighted by atomic mass is 32.2. The van der Waals surface area contributed by atoms with E-state index in [4.69, 9.17) is 9.47 Å². The second kappa shape index (κ2) is 17.1. The van der Waals surface area contributed by atoms with Crippen molar-refractivity contribution in [2.45, 2.75) is 108 Å². The van der Waals surface area contributed by atoms with Crippen molar-refractivity contribution in [3.8, 4) is 5.75 Å². The average molecular weight is 534 g/mol. The number of amides is 1. The third kappa shape index (κ3) is 10.8. The maximum Gasteiger partial charge on any atom is 0.412 e. The number of alkyl carbamates (subject to hydrolysis) is 1. The van der Waals surface area contributed by atoms with Crippen LogP contribution in [0, 0.1) is 0 Å². The van der Waals surface area contributed by atoms with Gasteiger partial charge in [0.2, 0.25) is 0 Å². The molecule has 0 aromatic heterocycles. The van der Waals surface area contributed by atoms with Gasteiger partial charge in [-0.05, 0) is 31.4 Å². The molecular formula is C29H43NO6S. The number of benzene rings is 1. The zero-order valence-electron chi connectivity index (χ0n) is 22.4. The molecule has 206 valence electrons. The first kappa shape index (κ1) is 30.7. The molecule has 1 unspecified atom stereocenters. The minimum absolute atomic E-state index is 0.0303. The number of hydrogen-bond acceptors (Lipinski definition) is 6. The number of ether oxygens (including phenoxy) is 2. The summed E-state index contributed by atoms with van der Waals surface area (Å²) in [6, 6.07) is 6.14. The lowest BCUT2D eigenvalue weighted by molar-refractivity contribution is -0.137. The number of aromatic carboxylic acids is 1. The van der Waals surface area contributed by atoms with E-state index in [9.17, 15) is 19.5 Å². The maximum atomic E-state index is 13.4. The third-order valence-electron chi connectivity index (χ3n) is 6.51. The summed E-state index contributed by atoms with van der Waals surface area (Å²) in [4.78, 5) is 37.3. The molecule has 2 N–H and O–H groups in total. The van der Waals surface area contributed by atoms with Gasteiger partial charge in [0.05, 0.1) is 11.6 Å². The van der Waals surface area contributed by atoms with E-state index in [2.05, 4.69) is 19.2 Å². The molecule has 1 aromatic carbocycles. The normalized spacial score (nSPS) is 16.8. The van der Waals surface area contributed by atoms with E-state index in [1.165, 1.54) is 62.4 Å². The molecule has 0 saturated carbocycles. The van der Waals surface area contributed by atoms with Crippen LogP contribution in [0.15, 0.2) is 35.4 Å². The molecule has 8 heteroatoms. The fourth-order valence-corrected chi connectivity index (χ4v) is 5.57. The number of nitrogens with one attached hydrogen (secondary N) is 1. The Labute approximate surface area is 225 Å². The highest BCUT2D eigenvalue weighted by Gasteiger charge is 2.45. The SMILES string of the molecule is CCCCCCCCOC(=O)NC1=CCC(CCCCCCCC)(C(=O)Oc2ccccc2C(=O)O)S1. The summed E-state index contributed by atoms with van der Waals surface area (Å²) in [6.07, 6.45) is 15.4. The zero-order valence-corrected chi connectivity index (χ0v) is 23.2. The quantitative estimate of drug-likeness (QED) is 0.113.